The Morgan fingerprint density at radius 1 is 1.56 bits per heavy atom. The van der Waals surface area contributed by atoms with Crippen LogP contribution in [0.1, 0.15) is 12.6 Å². The highest BCUT2D eigenvalue weighted by Crippen LogP contribution is 2.21. The van der Waals surface area contributed by atoms with Crippen LogP contribution in [0.2, 0.25) is 0 Å². The zero-order valence-corrected chi connectivity index (χ0v) is 11.0. The van der Waals surface area contributed by atoms with E-state index < -0.39 is 16.3 Å². The van der Waals surface area contributed by atoms with Gasteiger partial charge in [-0.3, -0.25) is 0 Å². The van der Waals surface area contributed by atoms with Gasteiger partial charge in [0.15, 0.2) is 5.82 Å². The quantitative estimate of drug-likeness (QED) is 0.694. The maximum atomic E-state index is 11.6. The van der Waals surface area contributed by atoms with Crippen LogP contribution in [0.5, 0.6) is 0 Å². The molecule has 1 amide bonds. The van der Waals surface area contributed by atoms with Gasteiger partial charge in [-0.2, -0.15) is 13.5 Å². The molecule has 0 aromatic carbocycles. The molecular weight excluding hydrogens is 262 g/mol. The summed E-state index contributed by atoms with van der Waals surface area (Å²) in [5, 5.41) is 3.93. The van der Waals surface area contributed by atoms with E-state index in [0.29, 0.717) is 5.69 Å². The zero-order chi connectivity index (χ0) is 13.9. The van der Waals surface area contributed by atoms with Crippen LogP contribution >= 0.6 is 0 Å². The smallest absolute Gasteiger partial charge is 0.422 e. The number of aryl methyl sites for hydroxylation is 2. The number of amides is 1. The van der Waals surface area contributed by atoms with E-state index in [9.17, 15) is 13.2 Å². The fraction of sp³-hybridized carbons (Fsp3) is 0.500. The summed E-state index contributed by atoms with van der Waals surface area (Å²) in [4.78, 5) is 11.0. The lowest BCUT2D eigenvalue weighted by atomic mass is 10.4. The summed E-state index contributed by atoms with van der Waals surface area (Å²) >= 11 is 0. The average Bonchev–Trinajstić information content (AvgIpc) is 2.44. The van der Waals surface area contributed by atoms with Crippen molar-refractivity contribution < 1.29 is 17.9 Å². The Bertz CT molecular complexity index is 550. The van der Waals surface area contributed by atoms with Gasteiger partial charge in [0.05, 0.1) is 18.0 Å². The first-order chi connectivity index (χ1) is 8.26. The lowest BCUT2D eigenvalue weighted by Gasteiger charge is -2.09. The standard InChI is InChI=1S/C8H15N5O4S/c1-4-17-8(14)12-18(15,16)11-7-6(9)5(2)10-13(7)3/h11H,4,9H2,1-3H3,(H,12,14). The van der Waals surface area contributed by atoms with Crippen LogP contribution in [-0.2, 0) is 22.0 Å². The van der Waals surface area contributed by atoms with E-state index in [2.05, 4.69) is 14.6 Å². The third-order valence-electron chi connectivity index (χ3n) is 1.99. The van der Waals surface area contributed by atoms with E-state index in [1.54, 1.807) is 18.6 Å². The molecule has 0 aliphatic rings. The molecule has 9 nitrogen and oxygen atoms in total. The molecule has 0 spiro atoms. The van der Waals surface area contributed by atoms with Gasteiger partial charge in [0, 0.05) is 7.05 Å². The first kappa shape index (κ1) is 14.1. The lowest BCUT2D eigenvalue weighted by molar-refractivity contribution is 0.159. The number of hydrogen-bond acceptors (Lipinski definition) is 6. The summed E-state index contributed by atoms with van der Waals surface area (Å²) in [7, 11) is -2.58. The number of nitrogens with one attached hydrogen (secondary N) is 2. The molecule has 4 N–H and O–H groups in total. The second-order valence-corrected chi connectivity index (χ2v) is 4.81. The Hall–Kier alpha value is -1.97. The van der Waals surface area contributed by atoms with Gasteiger partial charge in [0.2, 0.25) is 0 Å². The van der Waals surface area contributed by atoms with Gasteiger partial charge >= 0.3 is 16.3 Å². The van der Waals surface area contributed by atoms with Gasteiger partial charge < -0.3 is 10.5 Å². The Morgan fingerprint density at radius 2 is 2.17 bits per heavy atom. The van der Waals surface area contributed by atoms with Crippen molar-refractivity contribution in [2.75, 3.05) is 17.1 Å². The average molecular weight is 277 g/mol. The molecule has 1 aromatic rings. The van der Waals surface area contributed by atoms with Crippen LogP contribution in [0, 0.1) is 6.92 Å². The Kier molecular flexibility index (Phi) is 4.01. The minimum absolute atomic E-state index is 0.0638. The third kappa shape index (κ3) is 3.26. The van der Waals surface area contributed by atoms with Crippen LogP contribution in [0.3, 0.4) is 0 Å². The molecule has 1 rings (SSSR count). The second-order valence-electron chi connectivity index (χ2n) is 3.40. The normalized spacial score (nSPS) is 11.1. The monoisotopic (exact) mass is 277 g/mol. The highest BCUT2D eigenvalue weighted by molar-refractivity contribution is 7.91. The molecule has 1 aromatic heterocycles. The minimum atomic E-state index is -4.10. The molecular formula is C8H15N5O4S. The van der Waals surface area contributed by atoms with Crippen molar-refractivity contribution in [3.63, 3.8) is 0 Å². The van der Waals surface area contributed by atoms with E-state index in [0.717, 1.165) is 0 Å². The van der Waals surface area contributed by atoms with Crippen molar-refractivity contribution in [3.8, 4) is 0 Å². The van der Waals surface area contributed by atoms with Gasteiger partial charge in [0.25, 0.3) is 0 Å². The van der Waals surface area contributed by atoms with Crippen molar-refractivity contribution in [2.24, 2.45) is 7.05 Å². The molecule has 0 fully saturated rings. The van der Waals surface area contributed by atoms with E-state index >= 15 is 0 Å². The second kappa shape index (κ2) is 5.12. The van der Waals surface area contributed by atoms with Gasteiger partial charge in [-0.15, -0.1) is 0 Å². The fourth-order valence-electron chi connectivity index (χ4n) is 1.22. The van der Waals surface area contributed by atoms with Gasteiger partial charge in [-0.05, 0) is 13.8 Å². The molecule has 102 valence electrons. The predicted octanol–water partition coefficient (Wildman–Crippen LogP) is -0.286. The van der Waals surface area contributed by atoms with E-state index in [-0.39, 0.29) is 18.1 Å². The Balaban J connectivity index is 2.86. The number of carbonyl (C=O) groups excluding carboxylic acids is 1. The molecule has 0 aliphatic heterocycles. The van der Waals surface area contributed by atoms with Crippen LogP contribution in [0.15, 0.2) is 0 Å². The van der Waals surface area contributed by atoms with Gasteiger partial charge in [0.1, 0.15) is 0 Å². The van der Waals surface area contributed by atoms with Crippen LogP contribution in [0.4, 0.5) is 16.3 Å². The molecule has 0 saturated carbocycles. The molecule has 0 aliphatic carbocycles. The summed E-state index contributed by atoms with van der Waals surface area (Å²) in [6.45, 7) is 3.25. The van der Waals surface area contributed by atoms with Crippen LogP contribution in [0.25, 0.3) is 0 Å². The molecule has 0 atom stereocenters. The number of nitrogen functional groups attached to an aromatic ring is 1. The molecule has 18 heavy (non-hydrogen) atoms. The first-order valence-corrected chi connectivity index (χ1v) is 6.51. The summed E-state index contributed by atoms with van der Waals surface area (Å²) in [5.74, 6) is 0.0734. The number of nitrogens with zero attached hydrogens (tertiary/aromatic N) is 2. The van der Waals surface area contributed by atoms with Gasteiger partial charge in [-0.25, -0.2) is 18.9 Å². The number of ether oxygens (including phenoxy) is 1. The van der Waals surface area contributed by atoms with Crippen molar-refractivity contribution in [1.82, 2.24) is 14.5 Å². The largest absolute Gasteiger partial charge is 0.449 e. The predicted molar refractivity (Wildman–Crippen MR) is 65.1 cm³/mol. The Morgan fingerprint density at radius 3 is 2.61 bits per heavy atom. The molecule has 0 radical (unpaired) electrons. The van der Waals surface area contributed by atoms with Crippen LogP contribution in [-0.4, -0.2) is 30.9 Å². The number of nitrogens with two attached hydrogens (primary N) is 1. The van der Waals surface area contributed by atoms with E-state index in [1.165, 1.54) is 11.7 Å². The summed E-state index contributed by atoms with van der Waals surface area (Å²) in [5.41, 5.74) is 6.31. The minimum Gasteiger partial charge on any atom is -0.449 e. The third-order valence-corrected chi connectivity index (χ3v) is 2.89. The van der Waals surface area contributed by atoms with Crippen molar-refractivity contribution in [2.45, 2.75) is 13.8 Å². The highest BCUT2D eigenvalue weighted by atomic mass is 32.2. The topological polar surface area (TPSA) is 128 Å². The van der Waals surface area contributed by atoms with E-state index in [4.69, 9.17) is 5.73 Å². The van der Waals surface area contributed by atoms with Gasteiger partial charge in [-0.1, -0.05) is 0 Å². The maximum absolute atomic E-state index is 11.6. The summed E-state index contributed by atoms with van der Waals surface area (Å²) in [6.07, 6.45) is -1.07. The maximum Gasteiger partial charge on any atom is 0.422 e. The Labute approximate surface area is 104 Å². The molecule has 1 heterocycles. The molecule has 0 bridgehead atoms. The summed E-state index contributed by atoms with van der Waals surface area (Å²) in [6, 6.07) is 0. The lowest BCUT2D eigenvalue weighted by Crippen LogP contribution is -2.36. The number of carbonyl (C=O) groups is 1. The molecule has 0 unspecified atom stereocenters. The van der Waals surface area contributed by atoms with Crippen LogP contribution < -0.4 is 15.2 Å². The first-order valence-electron chi connectivity index (χ1n) is 5.03. The molecule has 10 heteroatoms. The fourth-order valence-corrected chi connectivity index (χ4v) is 2.04. The summed E-state index contributed by atoms with van der Waals surface area (Å²) < 4.78 is 32.6. The molecule has 0 saturated heterocycles. The van der Waals surface area contributed by atoms with Crippen molar-refractivity contribution >= 4 is 27.8 Å². The SMILES string of the molecule is CCOC(=O)NS(=O)(=O)Nc1c(N)c(C)nn1C. The highest BCUT2D eigenvalue weighted by Gasteiger charge is 2.19. The van der Waals surface area contributed by atoms with Crippen molar-refractivity contribution in [3.05, 3.63) is 5.69 Å². The number of rotatable bonds is 4. The van der Waals surface area contributed by atoms with Crippen molar-refractivity contribution in [1.29, 1.82) is 0 Å². The van der Waals surface area contributed by atoms with E-state index in [1.807, 2.05) is 0 Å². The number of aromatic nitrogens is 2. The number of anilines is 2. The number of hydrogen-bond donors (Lipinski definition) is 3. The zero-order valence-electron chi connectivity index (χ0n) is 10.2.